The molecule has 3 aromatic rings. The summed E-state index contributed by atoms with van der Waals surface area (Å²) < 4.78 is 0. The Morgan fingerprint density at radius 3 is 2.50 bits per heavy atom. The Bertz CT molecular complexity index is 1040. The van der Waals surface area contributed by atoms with Crippen molar-refractivity contribution in [3.05, 3.63) is 94.3 Å². The number of carbonyl (C=O) groups excluding carboxylic acids is 1. The molecule has 1 aromatic heterocycles. The van der Waals surface area contributed by atoms with Crippen LogP contribution in [0.2, 0.25) is 5.15 Å². The summed E-state index contributed by atoms with van der Waals surface area (Å²) in [6.07, 6.45) is 1.46. The Hall–Kier alpha value is -2.98. The first-order valence-electron chi connectivity index (χ1n) is 9.23. The van der Waals surface area contributed by atoms with Gasteiger partial charge in [-0.15, -0.1) is 0 Å². The molecule has 28 heavy (non-hydrogen) atoms. The van der Waals surface area contributed by atoms with Crippen LogP contribution in [-0.4, -0.2) is 16.7 Å². The van der Waals surface area contributed by atoms with Crippen molar-refractivity contribution in [2.45, 2.75) is 26.3 Å². The number of aliphatic imine (C=N–C) groups is 1. The normalized spacial score (nSPS) is 14.6. The minimum atomic E-state index is -0.334. The summed E-state index contributed by atoms with van der Waals surface area (Å²) in [7, 11) is 0. The third kappa shape index (κ3) is 3.56. The van der Waals surface area contributed by atoms with E-state index in [0.717, 1.165) is 16.8 Å². The first kappa shape index (κ1) is 18.4. The number of anilines is 1. The van der Waals surface area contributed by atoms with Gasteiger partial charge in [-0.2, -0.15) is 4.99 Å². The molecule has 4 nitrogen and oxygen atoms in total. The van der Waals surface area contributed by atoms with E-state index in [1.165, 1.54) is 11.8 Å². The number of carbonyl (C=O) groups is 1. The van der Waals surface area contributed by atoms with Gasteiger partial charge in [0, 0.05) is 17.4 Å². The number of nitrogens with zero attached hydrogens (tertiary/aromatic N) is 3. The molecule has 0 saturated carbocycles. The second-order valence-corrected chi connectivity index (χ2v) is 7.49. The van der Waals surface area contributed by atoms with Crippen LogP contribution < -0.4 is 4.90 Å². The van der Waals surface area contributed by atoms with E-state index < -0.39 is 0 Å². The van der Waals surface area contributed by atoms with E-state index in [4.69, 9.17) is 11.6 Å². The Morgan fingerprint density at radius 1 is 1.07 bits per heavy atom. The highest BCUT2D eigenvalue weighted by molar-refractivity contribution is 6.29. The number of hydrogen-bond donors (Lipinski definition) is 0. The first-order valence-corrected chi connectivity index (χ1v) is 9.61. The van der Waals surface area contributed by atoms with Crippen molar-refractivity contribution in [2.75, 3.05) is 4.90 Å². The standard InChI is InChI=1S/C23H20ClN3O/c1-15(2)16-7-10-19(11-8-16)27-14-18-5-3-4-6-20(18)22(27)26-23(28)17-9-12-21(24)25-13-17/h3-13,15H,14H2,1-2H3. The number of benzene rings is 2. The van der Waals surface area contributed by atoms with E-state index >= 15 is 0 Å². The highest BCUT2D eigenvalue weighted by Gasteiger charge is 2.27. The molecule has 1 aliphatic rings. The van der Waals surface area contributed by atoms with Crippen LogP contribution in [0.4, 0.5) is 5.69 Å². The molecule has 1 aliphatic heterocycles. The zero-order valence-corrected chi connectivity index (χ0v) is 16.5. The minimum absolute atomic E-state index is 0.334. The monoisotopic (exact) mass is 389 g/mol. The predicted octanol–water partition coefficient (Wildman–Crippen LogP) is 5.47. The number of fused-ring (bicyclic) bond motifs is 1. The molecule has 0 N–H and O–H groups in total. The smallest absolute Gasteiger partial charge is 0.280 e. The van der Waals surface area contributed by atoms with Gasteiger partial charge < -0.3 is 4.90 Å². The fraction of sp³-hybridized carbons (Fsp3) is 0.174. The maximum absolute atomic E-state index is 12.7. The molecular weight excluding hydrogens is 370 g/mol. The molecule has 2 aromatic carbocycles. The molecule has 0 fully saturated rings. The summed E-state index contributed by atoms with van der Waals surface area (Å²) in [4.78, 5) is 23.3. The van der Waals surface area contributed by atoms with Crippen LogP contribution in [0.15, 0.2) is 71.9 Å². The topological polar surface area (TPSA) is 45.6 Å². The van der Waals surface area contributed by atoms with Crippen molar-refractivity contribution in [2.24, 2.45) is 4.99 Å². The highest BCUT2D eigenvalue weighted by Crippen LogP contribution is 2.30. The van der Waals surface area contributed by atoms with E-state index in [1.807, 2.05) is 18.2 Å². The van der Waals surface area contributed by atoms with Gasteiger partial charge in [-0.1, -0.05) is 61.8 Å². The summed E-state index contributed by atoms with van der Waals surface area (Å²) in [5, 5.41) is 0.349. The summed E-state index contributed by atoms with van der Waals surface area (Å²) >= 11 is 5.83. The van der Waals surface area contributed by atoms with Crippen LogP contribution in [-0.2, 0) is 6.54 Å². The first-order chi connectivity index (χ1) is 13.5. The Labute approximate surface area is 169 Å². The molecule has 4 rings (SSSR count). The Balaban J connectivity index is 1.74. The van der Waals surface area contributed by atoms with E-state index in [2.05, 4.69) is 59.1 Å². The molecule has 0 atom stereocenters. The molecule has 0 radical (unpaired) electrons. The number of pyridine rings is 1. The van der Waals surface area contributed by atoms with Crippen molar-refractivity contribution < 1.29 is 4.79 Å². The Morgan fingerprint density at radius 2 is 1.82 bits per heavy atom. The molecule has 0 bridgehead atoms. The third-order valence-corrected chi connectivity index (χ3v) is 5.12. The molecule has 0 unspecified atom stereocenters. The largest absolute Gasteiger partial charge is 0.321 e. The van der Waals surface area contributed by atoms with Gasteiger partial charge in [0.25, 0.3) is 5.91 Å². The van der Waals surface area contributed by atoms with Gasteiger partial charge in [0.15, 0.2) is 0 Å². The van der Waals surface area contributed by atoms with Crippen LogP contribution in [0.1, 0.15) is 46.8 Å². The molecule has 0 saturated heterocycles. The van der Waals surface area contributed by atoms with Gasteiger partial charge in [0.2, 0.25) is 0 Å². The lowest BCUT2D eigenvalue weighted by molar-refractivity contribution is 0.100. The van der Waals surface area contributed by atoms with Gasteiger partial charge in [-0.05, 0) is 41.3 Å². The summed E-state index contributed by atoms with van der Waals surface area (Å²) in [5.74, 6) is 0.796. The highest BCUT2D eigenvalue weighted by atomic mass is 35.5. The molecule has 0 aliphatic carbocycles. The fourth-order valence-corrected chi connectivity index (χ4v) is 3.42. The quantitative estimate of drug-likeness (QED) is 0.558. The second-order valence-electron chi connectivity index (χ2n) is 7.10. The minimum Gasteiger partial charge on any atom is -0.321 e. The van der Waals surface area contributed by atoms with Crippen molar-refractivity contribution in [3.8, 4) is 0 Å². The third-order valence-electron chi connectivity index (χ3n) is 4.90. The number of halogens is 1. The van der Waals surface area contributed by atoms with Crippen molar-refractivity contribution in [1.82, 2.24) is 4.98 Å². The number of rotatable bonds is 3. The maximum atomic E-state index is 12.7. The van der Waals surface area contributed by atoms with Gasteiger partial charge in [-0.3, -0.25) is 4.79 Å². The Kier molecular flexibility index (Phi) is 4.97. The van der Waals surface area contributed by atoms with Crippen LogP contribution >= 0.6 is 11.6 Å². The SMILES string of the molecule is CC(C)c1ccc(N2Cc3ccccc3C2=NC(=O)c2ccc(Cl)nc2)cc1. The summed E-state index contributed by atoms with van der Waals surface area (Å²) in [5.41, 5.74) is 4.84. The predicted molar refractivity (Wildman–Crippen MR) is 113 cm³/mol. The number of hydrogen-bond acceptors (Lipinski definition) is 2. The molecule has 2 heterocycles. The lowest BCUT2D eigenvalue weighted by Gasteiger charge is -2.20. The van der Waals surface area contributed by atoms with Crippen LogP contribution in [0, 0.1) is 0 Å². The second kappa shape index (κ2) is 7.56. The average Bonchev–Trinajstić information content (AvgIpc) is 3.07. The number of amides is 1. The van der Waals surface area contributed by atoms with Gasteiger partial charge in [-0.25, -0.2) is 4.98 Å². The van der Waals surface area contributed by atoms with Gasteiger partial charge in [0.1, 0.15) is 11.0 Å². The van der Waals surface area contributed by atoms with E-state index in [1.54, 1.807) is 12.1 Å². The molecular formula is C23H20ClN3O. The van der Waals surface area contributed by atoms with E-state index in [0.29, 0.717) is 29.0 Å². The number of aromatic nitrogens is 1. The maximum Gasteiger partial charge on any atom is 0.280 e. The fourth-order valence-electron chi connectivity index (χ4n) is 3.30. The van der Waals surface area contributed by atoms with Crippen LogP contribution in [0.5, 0.6) is 0 Å². The van der Waals surface area contributed by atoms with Crippen molar-refractivity contribution in [3.63, 3.8) is 0 Å². The van der Waals surface area contributed by atoms with Crippen LogP contribution in [0.3, 0.4) is 0 Å². The number of amidine groups is 1. The van der Waals surface area contributed by atoms with Gasteiger partial charge in [0.05, 0.1) is 12.1 Å². The average molecular weight is 390 g/mol. The molecule has 140 valence electrons. The zero-order chi connectivity index (χ0) is 19.7. The summed E-state index contributed by atoms with van der Waals surface area (Å²) in [6, 6.07) is 19.7. The zero-order valence-electron chi connectivity index (χ0n) is 15.8. The van der Waals surface area contributed by atoms with Crippen LogP contribution in [0.25, 0.3) is 0 Å². The molecule has 1 amide bonds. The van der Waals surface area contributed by atoms with Crippen molar-refractivity contribution >= 4 is 29.0 Å². The van der Waals surface area contributed by atoms with E-state index in [-0.39, 0.29) is 5.91 Å². The van der Waals surface area contributed by atoms with Crippen molar-refractivity contribution in [1.29, 1.82) is 0 Å². The van der Waals surface area contributed by atoms with Gasteiger partial charge >= 0.3 is 0 Å². The summed E-state index contributed by atoms with van der Waals surface area (Å²) in [6.45, 7) is 5.03. The lowest BCUT2D eigenvalue weighted by atomic mass is 10.0. The lowest BCUT2D eigenvalue weighted by Crippen LogP contribution is -2.25. The molecule has 5 heteroatoms. The molecule has 0 spiro atoms. The van der Waals surface area contributed by atoms with E-state index in [9.17, 15) is 4.79 Å².